The topological polar surface area (TPSA) is 124 Å². The van der Waals surface area contributed by atoms with E-state index in [9.17, 15) is 14.7 Å². The molecule has 3 aliphatic carbocycles. The Bertz CT molecular complexity index is 1110. The standard InChI is InChI=1S/C23H22Cl2N4O4/c24-16-3-2-15(9-17(16)25)33-13-20(31)28-23-7-5-22(6-8-23,10-19(23)30)29-21(32)18-4-1-14(11-26)12-27-18/h1-4,9,12,19,30H,5-8,10,13H2,(H,28,31)(H,29,32)/t19-,22?,23?/m1/s1. The average molecular weight is 489 g/mol. The largest absolute Gasteiger partial charge is 0.484 e. The number of fused-ring (bicyclic) bond motifs is 3. The molecule has 8 nitrogen and oxygen atoms in total. The van der Waals surface area contributed by atoms with Gasteiger partial charge in [0.15, 0.2) is 6.61 Å². The van der Waals surface area contributed by atoms with Crippen molar-refractivity contribution in [3.63, 3.8) is 0 Å². The predicted molar refractivity (Wildman–Crippen MR) is 121 cm³/mol. The number of pyridine rings is 1. The van der Waals surface area contributed by atoms with Crippen LogP contribution in [0.4, 0.5) is 0 Å². The number of halogens is 2. The van der Waals surface area contributed by atoms with Crippen molar-refractivity contribution in [2.24, 2.45) is 0 Å². The van der Waals surface area contributed by atoms with Crippen LogP contribution in [0.5, 0.6) is 5.75 Å². The van der Waals surface area contributed by atoms with Gasteiger partial charge in [0.2, 0.25) is 0 Å². The third-order valence-electron chi connectivity index (χ3n) is 6.47. The van der Waals surface area contributed by atoms with Crippen molar-refractivity contribution in [3.05, 3.63) is 57.8 Å². The van der Waals surface area contributed by atoms with Crippen LogP contribution < -0.4 is 15.4 Å². The number of nitrogens with zero attached hydrogens (tertiary/aromatic N) is 2. The van der Waals surface area contributed by atoms with E-state index in [0.29, 0.717) is 53.5 Å². The highest BCUT2D eigenvalue weighted by Crippen LogP contribution is 2.47. The molecule has 172 valence electrons. The van der Waals surface area contributed by atoms with Crippen molar-refractivity contribution in [1.82, 2.24) is 15.6 Å². The summed E-state index contributed by atoms with van der Waals surface area (Å²) in [6.45, 7) is -0.224. The van der Waals surface area contributed by atoms with Crippen molar-refractivity contribution in [2.75, 3.05) is 6.61 Å². The Hall–Kier alpha value is -2.86. The Morgan fingerprint density at radius 2 is 1.91 bits per heavy atom. The van der Waals surface area contributed by atoms with Gasteiger partial charge in [-0.25, -0.2) is 4.98 Å². The van der Waals surface area contributed by atoms with Gasteiger partial charge in [0.25, 0.3) is 11.8 Å². The number of aliphatic hydroxyl groups excluding tert-OH is 1. The smallest absolute Gasteiger partial charge is 0.270 e. The first-order valence-corrected chi connectivity index (χ1v) is 11.3. The molecule has 1 atom stereocenters. The molecule has 1 aromatic heterocycles. The molecule has 0 unspecified atom stereocenters. The van der Waals surface area contributed by atoms with Gasteiger partial charge < -0.3 is 20.5 Å². The Kier molecular flexibility index (Phi) is 6.48. The van der Waals surface area contributed by atoms with Crippen LogP contribution in [0.2, 0.25) is 10.0 Å². The molecular formula is C23H22Cl2N4O4. The Labute approximate surface area is 200 Å². The van der Waals surface area contributed by atoms with Gasteiger partial charge in [0.1, 0.15) is 17.5 Å². The highest BCUT2D eigenvalue weighted by atomic mass is 35.5. The van der Waals surface area contributed by atoms with Crippen molar-refractivity contribution in [1.29, 1.82) is 5.26 Å². The van der Waals surface area contributed by atoms with Gasteiger partial charge in [-0.1, -0.05) is 23.2 Å². The molecule has 0 radical (unpaired) electrons. The fourth-order valence-electron chi connectivity index (χ4n) is 4.59. The van der Waals surface area contributed by atoms with Crippen LogP contribution in [0.1, 0.15) is 48.2 Å². The maximum absolute atomic E-state index is 12.7. The molecule has 3 aliphatic rings. The number of benzene rings is 1. The van der Waals surface area contributed by atoms with Crippen LogP contribution in [0.3, 0.4) is 0 Å². The van der Waals surface area contributed by atoms with Crippen molar-refractivity contribution in [2.45, 2.75) is 49.3 Å². The number of hydrogen-bond donors (Lipinski definition) is 3. The molecule has 0 spiro atoms. The van der Waals surface area contributed by atoms with Crippen LogP contribution in [0, 0.1) is 11.3 Å². The summed E-state index contributed by atoms with van der Waals surface area (Å²) < 4.78 is 5.50. The molecule has 0 saturated heterocycles. The number of ether oxygens (including phenoxy) is 1. The fourth-order valence-corrected chi connectivity index (χ4v) is 4.88. The minimum Gasteiger partial charge on any atom is -0.484 e. The Balaban J connectivity index is 1.34. The van der Waals surface area contributed by atoms with Gasteiger partial charge in [-0.3, -0.25) is 9.59 Å². The zero-order valence-corrected chi connectivity index (χ0v) is 19.1. The van der Waals surface area contributed by atoms with Gasteiger partial charge in [-0.15, -0.1) is 0 Å². The second kappa shape index (κ2) is 9.18. The zero-order valence-electron chi connectivity index (χ0n) is 17.6. The molecule has 3 N–H and O–H groups in total. The number of aromatic nitrogens is 1. The molecule has 2 bridgehead atoms. The van der Waals surface area contributed by atoms with Crippen molar-refractivity contribution < 1.29 is 19.4 Å². The highest BCUT2D eigenvalue weighted by Gasteiger charge is 2.55. The molecule has 3 fully saturated rings. The number of rotatable bonds is 6. The number of hydrogen-bond acceptors (Lipinski definition) is 6. The first-order valence-electron chi connectivity index (χ1n) is 10.5. The minimum absolute atomic E-state index is 0.216. The number of nitriles is 1. The summed E-state index contributed by atoms with van der Waals surface area (Å²) in [5, 5.41) is 26.5. The summed E-state index contributed by atoms with van der Waals surface area (Å²) in [6.07, 6.45) is 3.12. The quantitative estimate of drug-likeness (QED) is 0.573. The van der Waals surface area contributed by atoms with E-state index in [1.54, 1.807) is 12.1 Å². The normalized spacial score (nSPS) is 25.7. The average Bonchev–Trinajstić information content (AvgIpc) is 2.81. The minimum atomic E-state index is -0.817. The van der Waals surface area contributed by atoms with Gasteiger partial charge in [0.05, 0.1) is 27.3 Å². The second-order valence-corrected chi connectivity index (χ2v) is 9.38. The lowest BCUT2D eigenvalue weighted by atomic mass is 9.60. The number of amides is 2. The lowest BCUT2D eigenvalue weighted by Crippen LogP contribution is -2.70. The molecule has 0 aliphatic heterocycles. The van der Waals surface area contributed by atoms with E-state index < -0.39 is 17.2 Å². The maximum Gasteiger partial charge on any atom is 0.270 e. The molecular weight excluding hydrogens is 467 g/mol. The molecule has 5 rings (SSSR count). The Morgan fingerprint density at radius 1 is 1.15 bits per heavy atom. The molecule has 10 heteroatoms. The Morgan fingerprint density at radius 3 is 2.52 bits per heavy atom. The van der Waals surface area contributed by atoms with Gasteiger partial charge in [0, 0.05) is 17.8 Å². The molecule has 1 heterocycles. The summed E-state index contributed by atoms with van der Waals surface area (Å²) in [6, 6.07) is 9.75. The predicted octanol–water partition coefficient (Wildman–Crippen LogP) is 3.00. The molecule has 2 aromatic rings. The first-order chi connectivity index (χ1) is 15.7. The van der Waals surface area contributed by atoms with Crippen molar-refractivity contribution in [3.8, 4) is 11.8 Å². The van der Waals surface area contributed by atoms with Crippen LogP contribution in [0.25, 0.3) is 0 Å². The molecule has 2 amide bonds. The second-order valence-electron chi connectivity index (χ2n) is 8.57. The summed E-state index contributed by atoms with van der Waals surface area (Å²) in [4.78, 5) is 29.3. The van der Waals surface area contributed by atoms with Crippen LogP contribution in [-0.2, 0) is 4.79 Å². The number of carbonyl (C=O) groups is 2. The first kappa shape index (κ1) is 23.3. The third-order valence-corrected chi connectivity index (χ3v) is 7.21. The molecule has 33 heavy (non-hydrogen) atoms. The lowest BCUT2D eigenvalue weighted by Gasteiger charge is -2.56. The summed E-state index contributed by atoms with van der Waals surface area (Å²) in [5.41, 5.74) is -0.723. The number of nitrogens with one attached hydrogen (secondary N) is 2. The van der Waals surface area contributed by atoms with E-state index in [2.05, 4.69) is 15.6 Å². The van der Waals surface area contributed by atoms with Gasteiger partial charge in [-0.05, 0) is 56.4 Å². The van der Waals surface area contributed by atoms with E-state index in [0.717, 1.165) is 0 Å². The molecule has 1 aromatic carbocycles. The molecule has 3 saturated carbocycles. The van der Waals surface area contributed by atoms with Crippen molar-refractivity contribution >= 4 is 35.0 Å². The third kappa shape index (κ3) is 4.91. The summed E-state index contributed by atoms with van der Waals surface area (Å²) >= 11 is 11.8. The number of aliphatic hydroxyl groups is 1. The SMILES string of the molecule is N#Cc1ccc(C(=O)NC23CCC(NC(=O)COc4ccc(Cl)c(Cl)c4)(CC2)[C@H](O)C3)nc1. The monoisotopic (exact) mass is 488 g/mol. The highest BCUT2D eigenvalue weighted by molar-refractivity contribution is 6.42. The van der Waals surface area contributed by atoms with E-state index in [-0.39, 0.29) is 24.1 Å². The van der Waals surface area contributed by atoms with E-state index in [1.165, 1.54) is 24.4 Å². The van der Waals surface area contributed by atoms with E-state index in [4.69, 9.17) is 33.2 Å². The lowest BCUT2D eigenvalue weighted by molar-refractivity contribution is -0.132. The summed E-state index contributed by atoms with van der Waals surface area (Å²) in [7, 11) is 0. The zero-order chi connectivity index (χ0) is 23.6. The van der Waals surface area contributed by atoms with Crippen LogP contribution in [0.15, 0.2) is 36.5 Å². The van der Waals surface area contributed by atoms with E-state index >= 15 is 0 Å². The summed E-state index contributed by atoms with van der Waals surface area (Å²) in [5.74, 6) is -0.275. The van der Waals surface area contributed by atoms with Crippen LogP contribution >= 0.6 is 23.2 Å². The van der Waals surface area contributed by atoms with Gasteiger partial charge in [-0.2, -0.15) is 5.26 Å². The fraction of sp³-hybridized carbons (Fsp3) is 0.391. The van der Waals surface area contributed by atoms with E-state index in [1.807, 2.05) is 6.07 Å². The maximum atomic E-state index is 12.7. The van der Waals surface area contributed by atoms with Gasteiger partial charge >= 0.3 is 0 Å². The number of carbonyl (C=O) groups excluding carboxylic acids is 2. The van der Waals surface area contributed by atoms with Crippen LogP contribution in [-0.4, -0.2) is 45.7 Å².